The summed E-state index contributed by atoms with van der Waals surface area (Å²) in [6.07, 6.45) is 7.58. The first-order chi connectivity index (χ1) is 13.7. The van der Waals surface area contributed by atoms with Gasteiger partial charge in [0.1, 0.15) is 11.5 Å². The van der Waals surface area contributed by atoms with Crippen molar-refractivity contribution in [3.8, 4) is 11.5 Å². The van der Waals surface area contributed by atoms with Crippen LogP contribution in [0.5, 0.6) is 11.5 Å². The van der Waals surface area contributed by atoms with E-state index in [1.165, 1.54) is 31.4 Å². The van der Waals surface area contributed by atoms with E-state index in [9.17, 15) is 19.8 Å². The van der Waals surface area contributed by atoms with Gasteiger partial charge >= 0.3 is 11.9 Å². The van der Waals surface area contributed by atoms with Crippen LogP contribution in [0.3, 0.4) is 0 Å². The molecule has 29 heavy (non-hydrogen) atoms. The molecule has 0 unspecified atom stereocenters. The van der Waals surface area contributed by atoms with Crippen LogP contribution >= 0.6 is 0 Å². The molecule has 0 saturated heterocycles. The highest BCUT2D eigenvalue weighted by Gasteiger charge is 2.43. The van der Waals surface area contributed by atoms with Gasteiger partial charge in [0.15, 0.2) is 0 Å². The zero-order valence-electron chi connectivity index (χ0n) is 16.8. The summed E-state index contributed by atoms with van der Waals surface area (Å²) in [4.78, 5) is 23.1. The fourth-order valence-electron chi connectivity index (χ4n) is 3.02. The van der Waals surface area contributed by atoms with E-state index in [-0.39, 0.29) is 17.1 Å². The zero-order valence-corrected chi connectivity index (χ0v) is 16.8. The molecule has 0 saturated carbocycles. The van der Waals surface area contributed by atoms with Gasteiger partial charge in [0, 0.05) is 24.3 Å². The fraction of sp³-hybridized carbons (Fsp3) is 0.364. The number of carboxylic acids is 1. The van der Waals surface area contributed by atoms with Gasteiger partial charge in [-0.2, -0.15) is 0 Å². The van der Waals surface area contributed by atoms with Gasteiger partial charge in [-0.3, -0.25) is 0 Å². The summed E-state index contributed by atoms with van der Waals surface area (Å²) in [5.41, 5.74) is 1.98. The number of phenols is 2. The Morgan fingerprint density at radius 3 is 2.59 bits per heavy atom. The lowest BCUT2D eigenvalue weighted by Gasteiger charge is -2.25. The first-order valence-electron chi connectivity index (χ1n) is 9.27. The Balaban J connectivity index is 2.05. The van der Waals surface area contributed by atoms with Gasteiger partial charge in [-0.05, 0) is 57.7 Å². The van der Waals surface area contributed by atoms with Crippen molar-refractivity contribution in [3.05, 3.63) is 58.7 Å². The van der Waals surface area contributed by atoms with Gasteiger partial charge in [-0.15, -0.1) is 0 Å². The average Bonchev–Trinajstić information content (AvgIpc) is 3.00. The molecule has 7 heteroatoms. The van der Waals surface area contributed by atoms with Gasteiger partial charge in [0.2, 0.25) is 0 Å². The molecular weight excluding hydrogens is 376 g/mol. The van der Waals surface area contributed by atoms with E-state index in [1.54, 1.807) is 13.0 Å². The van der Waals surface area contributed by atoms with Gasteiger partial charge in [0.25, 0.3) is 5.79 Å². The van der Waals surface area contributed by atoms with Crippen molar-refractivity contribution in [2.45, 2.75) is 45.3 Å². The molecule has 0 spiro atoms. The summed E-state index contributed by atoms with van der Waals surface area (Å²) in [5.74, 6) is -3.28. The molecule has 7 nitrogen and oxygen atoms in total. The minimum absolute atomic E-state index is 0.0853. The summed E-state index contributed by atoms with van der Waals surface area (Å²) >= 11 is 0. The van der Waals surface area contributed by atoms with Crippen molar-refractivity contribution < 1.29 is 34.4 Å². The summed E-state index contributed by atoms with van der Waals surface area (Å²) in [7, 11) is 1.35. The number of hydrogen-bond donors (Lipinski definition) is 3. The number of benzene rings is 1. The number of carbonyl (C=O) groups excluding carboxylic acids is 1. The van der Waals surface area contributed by atoms with Gasteiger partial charge in [-0.25, -0.2) is 9.59 Å². The van der Waals surface area contributed by atoms with E-state index in [1.807, 2.05) is 13.0 Å². The van der Waals surface area contributed by atoms with Crippen LogP contribution in [0.1, 0.15) is 45.1 Å². The van der Waals surface area contributed by atoms with Crippen molar-refractivity contribution in [1.82, 2.24) is 0 Å². The van der Waals surface area contributed by atoms with E-state index < -0.39 is 17.7 Å². The Hall–Kier alpha value is -3.06. The topological polar surface area (TPSA) is 113 Å². The first-order valence-corrected chi connectivity index (χ1v) is 9.27. The highest BCUT2D eigenvalue weighted by Crippen LogP contribution is 2.42. The Morgan fingerprint density at radius 1 is 1.21 bits per heavy atom. The van der Waals surface area contributed by atoms with Crippen molar-refractivity contribution >= 4 is 11.9 Å². The van der Waals surface area contributed by atoms with Crippen molar-refractivity contribution in [2.24, 2.45) is 0 Å². The molecule has 1 aromatic carbocycles. The predicted molar refractivity (Wildman–Crippen MR) is 106 cm³/mol. The van der Waals surface area contributed by atoms with Crippen LogP contribution in [-0.4, -0.2) is 34.4 Å². The molecule has 3 N–H and O–H groups in total. The Bertz CT molecular complexity index is 879. The van der Waals surface area contributed by atoms with Gasteiger partial charge in [0.05, 0.1) is 5.56 Å². The Kier molecular flexibility index (Phi) is 7.23. The fourth-order valence-corrected chi connectivity index (χ4v) is 3.02. The second kappa shape index (κ2) is 9.43. The summed E-state index contributed by atoms with van der Waals surface area (Å²) in [6.45, 7) is 3.52. The van der Waals surface area contributed by atoms with E-state index in [4.69, 9.17) is 14.6 Å². The number of allylic oxidation sites excluding steroid dienone is 3. The maximum atomic E-state index is 12.3. The molecule has 156 valence electrons. The summed E-state index contributed by atoms with van der Waals surface area (Å²) < 4.78 is 10.8. The van der Waals surface area contributed by atoms with Crippen LogP contribution < -0.4 is 0 Å². The van der Waals surface area contributed by atoms with Gasteiger partial charge in [-0.1, -0.05) is 17.7 Å². The average molecular weight is 402 g/mol. The second-order valence-electron chi connectivity index (χ2n) is 6.95. The van der Waals surface area contributed by atoms with Crippen LogP contribution in [0.4, 0.5) is 0 Å². The first kappa shape index (κ1) is 22.2. The Morgan fingerprint density at radius 2 is 1.93 bits per heavy atom. The molecule has 0 fully saturated rings. The maximum Gasteiger partial charge on any atom is 0.336 e. The number of esters is 1. The Labute approximate surface area is 169 Å². The molecule has 1 atom stereocenters. The molecule has 0 aromatic heterocycles. The zero-order chi connectivity index (χ0) is 21.6. The molecule has 0 aliphatic carbocycles. The molecule has 1 aromatic rings. The van der Waals surface area contributed by atoms with Gasteiger partial charge < -0.3 is 24.8 Å². The van der Waals surface area contributed by atoms with Crippen LogP contribution in [0.2, 0.25) is 0 Å². The lowest BCUT2D eigenvalue weighted by atomic mass is 10.0. The van der Waals surface area contributed by atoms with E-state index in [0.717, 1.165) is 12.0 Å². The number of carboxylic acid groups (broad SMARTS) is 1. The highest BCUT2D eigenvalue weighted by atomic mass is 16.7. The molecular formula is C22H26O7. The second-order valence-corrected chi connectivity index (χ2v) is 6.95. The lowest BCUT2D eigenvalue weighted by molar-refractivity contribution is -0.193. The number of ether oxygens (including phenoxy) is 2. The van der Waals surface area contributed by atoms with Crippen molar-refractivity contribution in [3.63, 3.8) is 0 Å². The van der Waals surface area contributed by atoms with Crippen molar-refractivity contribution in [1.29, 1.82) is 0 Å². The number of hydrogen-bond acceptors (Lipinski definition) is 6. The molecule has 0 bridgehead atoms. The maximum absolute atomic E-state index is 12.3. The third-order valence-corrected chi connectivity index (χ3v) is 4.76. The smallest absolute Gasteiger partial charge is 0.336 e. The normalized spacial score (nSPS) is 19.8. The highest BCUT2D eigenvalue weighted by molar-refractivity contribution is 5.91. The number of aromatic hydroxyl groups is 2. The third kappa shape index (κ3) is 5.48. The number of carbonyl (C=O) groups is 2. The monoisotopic (exact) mass is 402 g/mol. The van der Waals surface area contributed by atoms with E-state index in [0.29, 0.717) is 30.4 Å². The SMILES string of the molecule is CO[C@]1(c2cc(O)ccc2O)C=C(CC/C=C(\C)CC/C=C(\C)C(=O)O)C(=O)O1. The van der Waals surface area contributed by atoms with Crippen LogP contribution in [0.15, 0.2) is 53.1 Å². The standard InChI is InChI=1S/C22H26O7/c1-14(6-4-8-15(2)20(25)26)7-5-9-16-13-22(28-3,29-21(16)27)18-12-17(23)10-11-19(18)24/h7-8,10-13,23-24H,4-6,9H2,1-3H3,(H,25,26)/b14-7+,15-8+/t22-/m1/s1. The lowest BCUT2D eigenvalue weighted by Crippen LogP contribution is -2.27. The minimum Gasteiger partial charge on any atom is -0.508 e. The van der Waals surface area contributed by atoms with Crippen LogP contribution in [0, 0.1) is 0 Å². The summed E-state index contributed by atoms with van der Waals surface area (Å²) in [6, 6.07) is 3.92. The number of aliphatic carboxylic acids is 1. The predicted octanol–water partition coefficient (Wildman–Crippen LogP) is 3.92. The number of cyclic esters (lactones) is 1. The molecule has 0 amide bonds. The molecule has 1 heterocycles. The molecule has 0 radical (unpaired) electrons. The van der Waals surface area contributed by atoms with E-state index in [2.05, 4.69) is 0 Å². The molecule has 1 aliphatic heterocycles. The van der Waals surface area contributed by atoms with Crippen molar-refractivity contribution in [2.75, 3.05) is 7.11 Å². The third-order valence-electron chi connectivity index (χ3n) is 4.76. The number of phenolic OH excluding ortho intramolecular Hbond substituents is 2. The number of methoxy groups -OCH3 is 1. The molecule has 1 aliphatic rings. The van der Waals surface area contributed by atoms with Crippen LogP contribution in [-0.2, 0) is 24.8 Å². The largest absolute Gasteiger partial charge is 0.508 e. The minimum atomic E-state index is -1.58. The molecule has 2 rings (SSSR count). The van der Waals surface area contributed by atoms with E-state index >= 15 is 0 Å². The number of rotatable bonds is 9. The summed E-state index contributed by atoms with van der Waals surface area (Å²) in [5, 5.41) is 28.7. The quantitative estimate of drug-likeness (QED) is 0.248. The van der Waals surface area contributed by atoms with Crippen LogP contribution in [0.25, 0.3) is 0 Å².